The second kappa shape index (κ2) is 4.61. The highest BCUT2D eigenvalue weighted by atomic mass is 16.3. The molecule has 0 spiro atoms. The van der Waals surface area contributed by atoms with Crippen LogP contribution in [0.5, 0.6) is 0 Å². The molecule has 0 unspecified atom stereocenters. The average Bonchev–Trinajstić information content (AvgIpc) is 2.30. The molecule has 16 heavy (non-hydrogen) atoms. The summed E-state index contributed by atoms with van der Waals surface area (Å²) in [6.45, 7) is 6.73. The first kappa shape index (κ1) is 11.1. The third-order valence-electron chi connectivity index (χ3n) is 2.82. The second-order valence-corrected chi connectivity index (χ2v) is 3.99. The molecule has 0 amide bonds. The number of rotatable bonds is 2. The third-order valence-corrected chi connectivity index (χ3v) is 2.82. The Balaban J connectivity index is 2.07. The van der Waals surface area contributed by atoms with E-state index >= 15 is 0 Å². The van der Waals surface area contributed by atoms with Crippen LogP contribution in [0.25, 0.3) is 0 Å². The topological polar surface area (TPSA) is 53.4 Å². The van der Waals surface area contributed by atoms with Gasteiger partial charge in [-0.15, -0.1) is 0 Å². The predicted octanol–water partition coefficient (Wildman–Crippen LogP) is 0.936. The molecule has 0 bridgehead atoms. The van der Waals surface area contributed by atoms with Crippen LogP contribution in [0.1, 0.15) is 23.2 Å². The zero-order chi connectivity index (χ0) is 11.5. The molecule has 1 aliphatic heterocycles. The van der Waals surface area contributed by atoms with E-state index in [1.807, 2.05) is 0 Å². The molecule has 1 N–H and O–H groups in total. The normalized spacial score (nSPS) is 17.5. The van der Waals surface area contributed by atoms with E-state index in [-0.39, 0.29) is 6.10 Å². The summed E-state index contributed by atoms with van der Waals surface area (Å²) in [5.41, 5.74) is 0.417. The van der Waals surface area contributed by atoms with Crippen LogP contribution >= 0.6 is 0 Å². The molecule has 1 aliphatic rings. The van der Waals surface area contributed by atoms with Crippen LogP contribution in [0.3, 0.4) is 0 Å². The fourth-order valence-electron chi connectivity index (χ4n) is 1.81. The number of carbonyl (C=O) groups is 1. The van der Waals surface area contributed by atoms with Crippen molar-refractivity contribution in [3.8, 4) is 0 Å². The van der Waals surface area contributed by atoms with Gasteiger partial charge in [-0.2, -0.15) is 0 Å². The van der Waals surface area contributed by atoms with E-state index in [1.54, 1.807) is 12.1 Å². The lowest BCUT2D eigenvalue weighted by Crippen LogP contribution is -2.36. The van der Waals surface area contributed by atoms with Gasteiger partial charge >= 0.3 is 0 Å². The van der Waals surface area contributed by atoms with Crippen molar-refractivity contribution in [1.29, 1.82) is 0 Å². The van der Waals surface area contributed by atoms with Gasteiger partial charge in [0.05, 0.1) is 6.10 Å². The molecule has 1 aromatic rings. The number of aliphatic hydroxyl groups excluding tert-OH is 1. The number of hydrogen-bond donors (Lipinski definition) is 1. The average molecular weight is 218 g/mol. The Morgan fingerprint density at radius 2 is 2.12 bits per heavy atom. The van der Waals surface area contributed by atoms with E-state index in [4.69, 9.17) is 6.92 Å². The number of pyridine rings is 1. The lowest BCUT2D eigenvalue weighted by atomic mass is 10.1. The van der Waals surface area contributed by atoms with Crippen molar-refractivity contribution in [1.82, 2.24) is 4.98 Å². The maximum Gasteiger partial charge on any atom is 0.169 e. The van der Waals surface area contributed by atoms with Gasteiger partial charge in [-0.3, -0.25) is 4.79 Å². The van der Waals surface area contributed by atoms with Gasteiger partial charge in [0, 0.05) is 31.8 Å². The molecule has 1 aromatic heterocycles. The maximum absolute atomic E-state index is 10.9. The smallest absolute Gasteiger partial charge is 0.169 e. The molecule has 0 saturated carbocycles. The number of anilines is 1. The largest absolute Gasteiger partial charge is 0.393 e. The molecule has 2 heterocycles. The van der Waals surface area contributed by atoms with Crippen molar-refractivity contribution in [2.75, 3.05) is 18.0 Å². The van der Waals surface area contributed by atoms with Gasteiger partial charge in [-0.1, -0.05) is 0 Å². The minimum atomic E-state index is -0.465. The third kappa shape index (κ3) is 2.39. The number of ketones is 1. The lowest BCUT2D eigenvalue weighted by Gasteiger charge is -2.30. The number of hydrogen-bond acceptors (Lipinski definition) is 4. The summed E-state index contributed by atoms with van der Waals surface area (Å²) < 4.78 is 0. The Hall–Kier alpha value is -1.42. The standard InChI is InChI=1S/C12H14N2O2/c1-9(15)10-2-3-12(13-8-10)14-6-4-11(16)5-7-14/h1-3,8,11,16H,4-7H2. The van der Waals surface area contributed by atoms with E-state index < -0.39 is 5.78 Å². The van der Waals surface area contributed by atoms with E-state index in [0.29, 0.717) is 5.56 Å². The molecule has 0 aliphatic carbocycles. The first-order valence-corrected chi connectivity index (χ1v) is 5.35. The van der Waals surface area contributed by atoms with Gasteiger partial charge in [0.1, 0.15) is 5.82 Å². The van der Waals surface area contributed by atoms with Crippen molar-refractivity contribution in [3.63, 3.8) is 0 Å². The van der Waals surface area contributed by atoms with Gasteiger partial charge in [-0.25, -0.2) is 4.98 Å². The Labute approximate surface area is 94.9 Å². The highest BCUT2D eigenvalue weighted by Gasteiger charge is 2.17. The maximum atomic E-state index is 10.9. The quantitative estimate of drug-likeness (QED) is 0.750. The van der Waals surface area contributed by atoms with Gasteiger partial charge in [-0.05, 0) is 25.0 Å². The molecule has 1 saturated heterocycles. The second-order valence-electron chi connectivity index (χ2n) is 3.99. The number of aliphatic hydroxyl groups is 1. The van der Waals surface area contributed by atoms with E-state index in [1.165, 1.54) is 6.20 Å². The molecule has 84 valence electrons. The molecular formula is C12H14N2O2. The number of piperidine rings is 1. The molecule has 4 nitrogen and oxygen atoms in total. The van der Waals surface area contributed by atoms with Gasteiger partial charge in [0.25, 0.3) is 0 Å². The van der Waals surface area contributed by atoms with Crippen molar-refractivity contribution in [3.05, 3.63) is 30.8 Å². The molecule has 2 radical (unpaired) electrons. The van der Waals surface area contributed by atoms with Crippen LogP contribution in [0.15, 0.2) is 18.3 Å². The molecule has 1 fully saturated rings. The van der Waals surface area contributed by atoms with Crippen LogP contribution < -0.4 is 4.90 Å². The summed E-state index contributed by atoms with van der Waals surface area (Å²) in [6, 6.07) is 3.47. The molecule has 2 rings (SSSR count). The minimum Gasteiger partial charge on any atom is -0.393 e. The predicted molar refractivity (Wildman–Crippen MR) is 60.3 cm³/mol. The van der Waals surface area contributed by atoms with Crippen LogP contribution in [0.4, 0.5) is 5.82 Å². The van der Waals surface area contributed by atoms with Crippen molar-refractivity contribution < 1.29 is 9.90 Å². The van der Waals surface area contributed by atoms with Gasteiger partial charge < -0.3 is 10.0 Å². The van der Waals surface area contributed by atoms with E-state index in [2.05, 4.69) is 9.88 Å². The monoisotopic (exact) mass is 218 g/mol. The minimum absolute atomic E-state index is 0.193. The molecule has 0 atom stereocenters. The zero-order valence-corrected chi connectivity index (χ0v) is 8.97. The first-order valence-electron chi connectivity index (χ1n) is 5.35. The summed E-state index contributed by atoms with van der Waals surface area (Å²) in [7, 11) is 0. The van der Waals surface area contributed by atoms with Crippen LogP contribution in [0.2, 0.25) is 0 Å². The highest BCUT2D eigenvalue weighted by Crippen LogP contribution is 2.17. The highest BCUT2D eigenvalue weighted by molar-refractivity contribution is 5.99. The number of aromatic nitrogens is 1. The van der Waals surface area contributed by atoms with E-state index in [9.17, 15) is 9.90 Å². The summed E-state index contributed by atoms with van der Waals surface area (Å²) >= 11 is 0. The zero-order valence-electron chi connectivity index (χ0n) is 8.97. The van der Waals surface area contributed by atoms with Crippen molar-refractivity contribution in [2.45, 2.75) is 18.9 Å². The number of nitrogens with zero attached hydrogens (tertiary/aromatic N) is 2. The number of carbonyl (C=O) groups excluding carboxylic acids is 1. The van der Waals surface area contributed by atoms with E-state index in [0.717, 1.165) is 31.7 Å². The molecule has 4 heteroatoms. The summed E-state index contributed by atoms with van der Waals surface area (Å²) in [5, 5.41) is 9.38. The SMILES string of the molecule is [CH]C(=O)c1ccc(N2CCC(O)CC2)nc1. The van der Waals surface area contributed by atoms with Crippen molar-refractivity contribution in [2.24, 2.45) is 0 Å². The summed E-state index contributed by atoms with van der Waals surface area (Å²) in [6.07, 6.45) is 2.82. The van der Waals surface area contributed by atoms with Crippen LogP contribution in [-0.2, 0) is 0 Å². The summed E-state index contributed by atoms with van der Waals surface area (Å²) in [4.78, 5) is 17.2. The number of Topliss-reactive ketones (excluding diaryl/α,β-unsaturated/α-hetero) is 1. The van der Waals surface area contributed by atoms with Crippen molar-refractivity contribution >= 4 is 11.6 Å². The Kier molecular flexibility index (Phi) is 3.19. The Morgan fingerprint density at radius 3 is 2.62 bits per heavy atom. The van der Waals surface area contributed by atoms with Gasteiger partial charge in [0.2, 0.25) is 0 Å². The van der Waals surface area contributed by atoms with Crippen LogP contribution in [0, 0.1) is 6.92 Å². The lowest BCUT2D eigenvalue weighted by molar-refractivity contribution is 0.104. The Bertz CT molecular complexity index is 367. The fourth-order valence-corrected chi connectivity index (χ4v) is 1.81. The first-order chi connectivity index (χ1) is 7.66. The van der Waals surface area contributed by atoms with Gasteiger partial charge in [0.15, 0.2) is 5.78 Å². The molecule has 0 aromatic carbocycles. The Morgan fingerprint density at radius 1 is 1.44 bits per heavy atom. The molecular weight excluding hydrogens is 204 g/mol. The summed E-state index contributed by atoms with van der Waals surface area (Å²) in [5.74, 6) is 0.366. The van der Waals surface area contributed by atoms with Crippen LogP contribution in [-0.4, -0.2) is 35.1 Å². The fraction of sp³-hybridized carbons (Fsp3) is 0.417.